The Morgan fingerprint density at radius 2 is 2.07 bits per heavy atom. The van der Waals surface area contributed by atoms with Crippen LogP contribution in [0.2, 0.25) is 0 Å². The van der Waals surface area contributed by atoms with Crippen molar-refractivity contribution in [3.8, 4) is 0 Å². The van der Waals surface area contributed by atoms with Gasteiger partial charge in [-0.1, -0.05) is 29.8 Å². The van der Waals surface area contributed by atoms with Crippen LogP contribution in [-0.2, 0) is 39.1 Å². The van der Waals surface area contributed by atoms with Gasteiger partial charge in [0, 0.05) is 38.3 Å². The van der Waals surface area contributed by atoms with Crippen molar-refractivity contribution in [1.29, 1.82) is 0 Å². The fraction of sp³-hybridized carbons (Fsp3) is 0.308. The molecule has 15 heavy (non-hydrogen) atoms. The fourth-order valence-corrected chi connectivity index (χ4v) is 2.04. The number of fused-ring (bicyclic) bond motifs is 1. The maximum atomic E-state index is 3.91. The number of rotatable bonds is 1. The van der Waals surface area contributed by atoms with Gasteiger partial charge in [0.05, 0.1) is 6.04 Å². The first-order valence-electron chi connectivity index (χ1n) is 4.94. The molecule has 2 heteroatoms. The number of benzene rings is 1. The van der Waals surface area contributed by atoms with E-state index in [1.165, 1.54) is 24.0 Å². The van der Waals surface area contributed by atoms with Crippen LogP contribution < -0.4 is 5.32 Å². The minimum atomic E-state index is 0. The summed E-state index contributed by atoms with van der Waals surface area (Å²) in [5.41, 5.74) is 2.95. The van der Waals surface area contributed by atoms with Crippen LogP contribution >= 0.6 is 0 Å². The molecular weight excluding hydrogens is 259 g/mol. The van der Waals surface area contributed by atoms with Gasteiger partial charge in [-0.25, -0.2) is 0 Å². The predicted molar refractivity (Wildman–Crippen MR) is 60.1 cm³/mol. The Morgan fingerprint density at radius 3 is 2.80 bits per heavy atom. The molecular formula is C13H19NY-2. The third kappa shape index (κ3) is 3.65. The van der Waals surface area contributed by atoms with Crippen LogP contribution in [-0.4, -0.2) is 0 Å². The molecule has 1 aliphatic carbocycles. The summed E-state index contributed by atoms with van der Waals surface area (Å²) in [5.74, 6) is 0. The van der Waals surface area contributed by atoms with Crippen LogP contribution in [0.3, 0.4) is 0 Å². The van der Waals surface area contributed by atoms with Crippen molar-refractivity contribution in [2.24, 2.45) is 0 Å². The van der Waals surface area contributed by atoms with Gasteiger partial charge >= 0.3 is 0 Å². The third-order valence-electron chi connectivity index (χ3n) is 2.79. The molecule has 1 aliphatic rings. The first-order chi connectivity index (χ1) is 6.42. The molecule has 81 valence electrons. The average Bonchev–Trinajstić information content (AvgIpc) is 2.39. The van der Waals surface area contributed by atoms with E-state index in [9.17, 15) is 0 Å². The summed E-state index contributed by atoms with van der Waals surface area (Å²) in [4.78, 5) is 0. The SMILES string of the molecule is [CH2-][NH2+][C@H]1CC[CH-]Cc2ccccc21.[CH3-].[Y]. The van der Waals surface area contributed by atoms with Gasteiger partial charge in [-0.3, -0.25) is 0 Å². The van der Waals surface area contributed by atoms with E-state index >= 15 is 0 Å². The van der Waals surface area contributed by atoms with Crippen molar-refractivity contribution in [2.45, 2.75) is 25.3 Å². The van der Waals surface area contributed by atoms with E-state index < -0.39 is 0 Å². The first-order valence-corrected chi connectivity index (χ1v) is 4.94. The largest absolute Gasteiger partial charge is 0.473 e. The minimum absolute atomic E-state index is 0. The van der Waals surface area contributed by atoms with Crippen molar-refractivity contribution < 1.29 is 38.0 Å². The van der Waals surface area contributed by atoms with Gasteiger partial charge in [-0.05, 0) is 6.42 Å². The van der Waals surface area contributed by atoms with Gasteiger partial charge in [0.15, 0.2) is 0 Å². The standard InChI is InChI=1S/C12H16N.CH3.Y/c1-13-12-9-5-3-7-10-6-2-4-8-11(10)12;;/h2-4,6,8,12H,1,5,7,9,13H2;1H3;/q2*-1;/t12-;;/m0../s1. The second-order valence-corrected chi connectivity index (χ2v) is 3.61. The zero-order valence-corrected chi connectivity index (χ0v) is 12.3. The van der Waals surface area contributed by atoms with Crippen molar-refractivity contribution in [3.63, 3.8) is 0 Å². The van der Waals surface area contributed by atoms with Crippen LogP contribution in [0.4, 0.5) is 0 Å². The van der Waals surface area contributed by atoms with Crippen molar-refractivity contribution in [1.82, 2.24) is 0 Å². The zero-order valence-electron chi connectivity index (χ0n) is 9.45. The third-order valence-corrected chi connectivity index (χ3v) is 2.79. The van der Waals surface area contributed by atoms with E-state index in [4.69, 9.17) is 0 Å². The summed E-state index contributed by atoms with van der Waals surface area (Å²) < 4.78 is 0. The number of hydrogen-bond acceptors (Lipinski definition) is 0. The van der Waals surface area contributed by atoms with Crippen LogP contribution in [0.15, 0.2) is 24.3 Å². The fourth-order valence-electron chi connectivity index (χ4n) is 2.04. The molecule has 0 amide bonds. The molecule has 0 heterocycles. The van der Waals surface area contributed by atoms with E-state index in [0.717, 1.165) is 6.42 Å². The van der Waals surface area contributed by atoms with Crippen molar-refractivity contribution >= 4 is 0 Å². The van der Waals surface area contributed by atoms with Crippen LogP contribution in [0, 0.1) is 20.9 Å². The second kappa shape index (κ2) is 7.54. The molecule has 2 N–H and O–H groups in total. The van der Waals surface area contributed by atoms with Gasteiger partial charge in [0.1, 0.15) is 0 Å². The molecule has 0 aliphatic heterocycles. The Bertz CT molecular complexity index is 286. The van der Waals surface area contributed by atoms with Crippen LogP contribution in [0.5, 0.6) is 0 Å². The maximum absolute atomic E-state index is 3.91. The van der Waals surface area contributed by atoms with E-state index in [1.54, 1.807) is 0 Å². The molecule has 0 fully saturated rings. The second-order valence-electron chi connectivity index (χ2n) is 3.61. The number of quaternary nitrogens is 1. The van der Waals surface area contributed by atoms with E-state index in [0.29, 0.717) is 6.04 Å². The normalized spacial score (nSPS) is 19.1. The van der Waals surface area contributed by atoms with Crippen molar-refractivity contribution in [3.05, 3.63) is 56.3 Å². The number of nitrogens with two attached hydrogens (primary N) is 1. The van der Waals surface area contributed by atoms with Crippen LogP contribution in [0.1, 0.15) is 30.0 Å². The monoisotopic (exact) mass is 278 g/mol. The molecule has 0 saturated carbocycles. The topological polar surface area (TPSA) is 16.6 Å². The Labute approximate surface area is 119 Å². The molecule has 1 aromatic rings. The van der Waals surface area contributed by atoms with Gasteiger partial charge in [0.25, 0.3) is 0 Å². The summed E-state index contributed by atoms with van der Waals surface area (Å²) >= 11 is 0. The maximum Gasteiger partial charge on any atom is 0.0853 e. The molecule has 1 radical (unpaired) electrons. The number of hydrogen-bond donors (Lipinski definition) is 1. The Morgan fingerprint density at radius 1 is 1.33 bits per heavy atom. The van der Waals surface area contributed by atoms with Crippen LogP contribution in [0.25, 0.3) is 0 Å². The molecule has 1 nitrogen and oxygen atoms in total. The van der Waals surface area contributed by atoms with E-state index in [1.807, 2.05) is 0 Å². The molecule has 0 spiro atoms. The summed E-state index contributed by atoms with van der Waals surface area (Å²) in [6.07, 6.45) is 5.94. The molecule has 2 rings (SSSR count). The van der Waals surface area contributed by atoms with Gasteiger partial charge in [0.2, 0.25) is 0 Å². The predicted octanol–water partition coefficient (Wildman–Crippen LogP) is 2.07. The van der Waals surface area contributed by atoms with Gasteiger partial charge < -0.3 is 19.2 Å². The Kier molecular flexibility index (Phi) is 7.68. The molecule has 0 unspecified atom stereocenters. The van der Waals surface area contributed by atoms with E-state index in [2.05, 4.69) is 43.1 Å². The molecule has 0 saturated heterocycles. The first kappa shape index (κ1) is 15.3. The zero-order chi connectivity index (χ0) is 9.10. The Hall–Kier alpha value is 0.284. The Balaban J connectivity index is 0.000000980. The molecule has 0 aromatic heterocycles. The molecule has 1 atom stereocenters. The summed E-state index contributed by atoms with van der Waals surface area (Å²) in [6.45, 7) is 0. The summed E-state index contributed by atoms with van der Waals surface area (Å²) in [6, 6.07) is 9.28. The quantitative estimate of drug-likeness (QED) is 0.598. The summed E-state index contributed by atoms with van der Waals surface area (Å²) in [5, 5.41) is 2.08. The van der Waals surface area contributed by atoms with Gasteiger partial charge in [-0.2, -0.15) is 19.9 Å². The van der Waals surface area contributed by atoms with Crippen molar-refractivity contribution in [2.75, 3.05) is 0 Å². The average molecular weight is 278 g/mol. The van der Waals surface area contributed by atoms with E-state index in [-0.39, 0.29) is 40.1 Å². The van der Waals surface area contributed by atoms with Gasteiger partial charge in [-0.15, -0.1) is 0 Å². The molecule has 0 bridgehead atoms. The summed E-state index contributed by atoms with van der Waals surface area (Å²) in [7, 11) is 3.91. The minimum Gasteiger partial charge on any atom is -0.473 e. The molecule has 1 aromatic carbocycles. The smallest absolute Gasteiger partial charge is 0.0853 e.